The third kappa shape index (κ3) is 64.8. The third-order valence-electron chi connectivity index (χ3n) is 6.77. The molecule has 7 heteroatoms. The molecule has 0 aliphatic heterocycles. The molecule has 0 rings (SSSR count). The molecular weight excluding hydrogens is 538 g/mol. The minimum absolute atomic E-state index is 0.167. The van der Waals surface area contributed by atoms with E-state index in [0.717, 1.165) is 32.7 Å². The highest BCUT2D eigenvalue weighted by atomic mass is 16.5. The molecule has 0 radical (unpaired) electrons. The first-order valence-corrected chi connectivity index (χ1v) is 18.1. The number of urea groups is 1. The molecule has 0 aromatic carbocycles. The van der Waals surface area contributed by atoms with Crippen LogP contribution >= 0.6 is 0 Å². The van der Waals surface area contributed by atoms with Crippen LogP contribution in [0.4, 0.5) is 4.79 Å². The minimum atomic E-state index is -0.167. The van der Waals surface area contributed by atoms with E-state index in [1.807, 2.05) is 0 Å². The summed E-state index contributed by atoms with van der Waals surface area (Å²) in [4.78, 5) is 20.9. The van der Waals surface area contributed by atoms with Crippen molar-refractivity contribution >= 4 is 11.8 Å². The summed E-state index contributed by atoms with van der Waals surface area (Å²) in [7, 11) is 5.11. The van der Waals surface area contributed by atoms with E-state index < -0.39 is 0 Å². The maximum Gasteiger partial charge on any atom is 0.315 e. The van der Waals surface area contributed by atoms with Gasteiger partial charge in [-0.15, -0.1) is 0 Å². The molecule has 0 aliphatic carbocycles. The van der Waals surface area contributed by atoms with Crippen molar-refractivity contribution in [1.29, 1.82) is 0 Å². The molecule has 262 valence electrons. The predicted molar refractivity (Wildman–Crippen MR) is 189 cm³/mol. The van der Waals surface area contributed by atoms with Crippen LogP contribution in [0.15, 0.2) is 0 Å². The van der Waals surface area contributed by atoms with Crippen LogP contribution in [-0.2, 0) is 14.3 Å². The predicted octanol–water partition coefficient (Wildman–Crippen LogP) is 9.97. The number of carbonyl (C=O) groups is 2. The summed E-state index contributed by atoms with van der Waals surface area (Å²) in [5.74, 6) is 0.337. The quantitative estimate of drug-likeness (QED) is 0.0630. The van der Waals surface area contributed by atoms with Crippen LogP contribution < -0.4 is 16.0 Å². The highest BCUT2D eigenvalue weighted by Crippen LogP contribution is 2.09. The number of rotatable bonds is 27. The smallest absolute Gasteiger partial charge is 0.315 e. The van der Waals surface area contributed by atoms with Crippen LogP contribution in [0.25, 0.3) is 0 Å². The Bertz CT molecular complexity index is 475. The van der Waals surface area contributed by atoms with Gasteiger partial charge in [-0.05, 0) is 39.7 Å². The number of methoxy groups -OCH3 is 1. The van der Waals surface area contributed by atoms with Crippen LogP contribution in [-0.4, -0.2) is 59.5 Å². The van der Waals surface area contributed by atoms with Crippen LogP contribution in [0, 0.1) is 0 Å². The molecule has 0 unspecified atom stereocenters. The monoisotopic (exact) mass is 618 g/mol. The van der Waals surface area contributed by atoms with Gasteiger partial charge in [0.25, 0.3) is 0 Å². The molecule has 0 saturated carbocycles. The second kappa shape index (κ2) is 50.4. The maximum absolute atomic E-state index is 10.6. The molecule has 2 amide bonds. The number of carbonyl (C=O) groups excluding carboxylic acids is 2. The lowest BCUT2D eigenvalue weighted by molar-refractivity contribution is -0.117. The Balaban J connectivity index is -0.000000238. The first kappa shape index (κ1) is 48.7. The molecule has 0 atom stereocenters. The fraction of sp³-hybridized carbons (Fsp3) is 0.944. The number of ether oxygens (including phenoxy) is 2. The summed E-state index contributed by atoms with van der Waals surface area (Å²) in [6.45, 7) is 14.0. The van der Waals surface area contributed by atoms with E-state index in [2.05, 4.69) is 43.6 Å². The molecule has 7 nitrogen and oxygen atoms in total. The number of amides is 2. The molecule has 3 N–H and O–H groups in total. The zero-order valence-electron chi connectivity index (χ0n) is 30.5. The van der Waals surface area contributed by atoms with E-state index >= 15 is 0 Å². The summed E-state index contributed by atoms with van der Waals surface area (Å²) in [5, 5.41) is 7.69. The van der Waals surface area contributed by atoms with E-state index in [1.54, 1.807) is 28.1 Å². The summed E-state index contributed by atoms with van der Waals surface area (Å²) in [5.41, 5.74) is 0. The molecule has 0 aliphatic rings. The highest BCUT2D eigenvalue weighted by Gasteiger charge is 1.94. The van der Waals surface area contributed by atoms with Gasteiger partial charge in [-0.2, -0.15) is 0 Å². The molecule has 43 heavy (non-hydrogen) atoms. The fourth-order valence-corrected chi connectivity index (χ4v) is 3.95. The largest absolute Gasteiger partial charge is 0.385 e. The van der Waals surface area contributed by atoms with Crippen molar-refractivity contribution in [3.63, 3.8) is 0 Å². The summed E-state index contributed by atoms with van der Waals surface area (Å²) in [6.07, 6.45) is 28.6. The van der Waals surface area contributed by atoms with Gasteiger partial charge < -0.3 is 30.2 Å². The Morgan fingerprint density at radius 1 is 0.535 bits per heavy atom. The normalized spacial score (nSPS) is 9.95. The molecule has 0 bridgehead atoms. The van der Waals surface area contributed by atoms with E-state index in [4.69, 9.17) is 9.47 Å². The molecule has 0 spiro atoms. The van der Waals surface area contributed by atoms with Crippen molar-refractivity contribution in [2.24, 2.45) is 0 Å². The van der Waals surface area contributed by atoms with Gasteiger partial charge in [0.15, 0.2) is 0 Å². The van der Waals surface area contributed by atoms with Crippen molar-refractivity contribution in [2.75, 3.05) is 47.7 Å². The summed E-state index contributed by atoms with van der Waals surface area (Å²) in [6, 6.07) is -0.167. The maximum atomic E-state index is 10.6. The number of hydrogen-bond donors (Lipinski definition) is 3. The van der Waals surface area contributed by atoms with Gasteiger partial charge in [0.05, 0.1) is 6.67 Å². The molecule has 0 aromatic heterocycles. The first-order chi connectivity index (χ1) is 20.9. The second-order valence-electron chi connectivity index (χ2n) is 11.4. The van der Waals surface area contributed by atoms with Crippen LogP contribution in [0.3, 0.4) is 0 Å². The molecule has 0 aromatic rings. The van der Waals surface area contributed by atoms with E-state index in [1.165, 1.54) is 128 Å². The first-order valence-electron chi connectivity index (χ1n) is 18.1. The van der Waals surface area contributed by atoms with Gasteiger partial charge in [-0.25, -0.2) is 4.79 Å². The average Bonchev–Trinajstić information content (AvgIpc) is 3.01. The standard InChI is InChI=1S/C11H24O.C11H22O.C10H22O.C4H11N3O/c1-3-4-5-6-7-8-9-10-11-12-2;1-3-4-5-6-7-8-9-10-11(2)12;1-3-5-7-8-10-11-9-6-4-2;1-5-3-7-4(8)6-2/h3-11H2,1-2H3;3-10H2,1-2H3;3-10H2,1-2H3;5H,3H2,1-2H3,(H2,6,7,8). The Morgan fingerprint density at radius 3 is 1.35 bits per heavy atom. The van der Waals surface area contributed by atoms with E-state index in [0.29, 0.717) is 12.5 Å². The number of unbranched alkanes of at least 4 members (excludes halogenated alkanes) is 17. The molecule has 0 saturated heterocycles. The van der Waals surface area contributed by atoms with E-state index in [-0.39, 0.29) is 6.03 Å². The van der Waals surface area contributed by atoms with Crippen LogP contribution in [0.5, 0.6) is 0 Å². The minimum Gasteiger partial charge on any atom is -0.385 e. The number of hydrogen-bond acceptors (Lipinski definition) is 5. The molecular formula is C36H79N3O4. The number of Topliss-reactive ketones (excluding diaryl/α,β-unsaturated/α-hetero) is 1. The van der Waals surface area contributed by atoms with Gasteiger partial charge in [0.1, 0.15) is 5.78 Å². The topological polar surface area (TPSA) is 88.7 Å². The lowest BCUT2D eigenvalue weighted by Crippen LogP contribution is -2.37. The van der Waals surface area contributed by atoms with Crippen LogP contribution in [0.1, 0.15) is 176 Å². The SMILES string of the molecule is CCCCCCCCCC(C)=O.CCCCCCCCCCOC.CCCCCCOCCCC.CNCNC(=O)NC. The number of ketones is 1. The van der Waals surface area contributed by atoms with Crippen molar-refractivity contribution in [3.05, 3.63) is 0 Å². The lowest BCUT2D eigenvalue weighted by atomic mass is 10.1. The van der Waals surface area contributed by atoms with Gasteiger partial charge in [0.2, 0.25) is 0 Å². The molecule has 0 heterocycles. The van der Waals surface area contributed by atoms with E-state index in [9.17, 15) is 9.59 Å². The van der Waals surface area contributed by atoms with Gasteiger partial charge in [-0.1, -0.05) is 137 Å². The van der Waals surface area contributed by atoms with Gasteiger partial charge in [0, 0.05) is 40.4 Å². The second-order valence-corrected chi connectivity index (χ2v) is 11.4. The fourth-order valence-electron chi connectivity index (χ4n) is 3.95. The highest BCUT2D eigenvalue weighted by molar-refractivity contribution is 5.75. The number of nitrogens with one attached hydrogen (secondary N) is 3. The van der Waals surface area contributed by atoms with Crippen molar-refractivity contribution in [2.45, 2.75) is 176 Å². The Hall–Kier alpha value is -1.18. The lowest BCUT2D eigenvalue weighted by Gasteiger charge is -2.01. The Kier molecular flexibility index (Phi) is 57.2. The van der Waals surface area contributed by atoms with Crippen LogP contribution in [0.2, 0.25) is 0 Å². The zero-order valence-corrected chi connectivity index (χ0v) is 30.5. The van der Waals surface area contributed by atoms with Crippen molar-refractivity contribution in [3.8, 4) is 0 Å². The van der Waals surface area contributed by atoms with Gasteiger partial charge in [-0.3, -0.25) is 0 Å². The Labute approximate surface area is 270 Å². The average molecular weight is 618 g/mol. The van der Waals surface area contributed by atoms with Gasteiger partial charge >= 0.3 is 6.03 Å². The third-order valence-corrected chi connectivity index (χ3v) is 6.77. The zero-order chi connectivity index (χ0) is 33.1. The molecule has 0 fully saturated rings. The van der Waals surface area contributed by atoms with Crippen molar-refractivity contribution < 1.29 is 19.1 Å². The Morgan fingerprint density at radius 2 is 0.930 bits per heavy atom. The summed E-state index contributed by atoms with van der Waals surface area (Å²) < 4.78 is 10.4. The van der Waals surface area contributed by atoms with Crippen molar-refractivity contribution in [1.82, 2.24) is 16.0 Å². The summed E-state index contributed by atoms with van der Waals surface area (Å²) >= 11 is 0.